The molecule has 5 heteroatoms. The van der Waals surface area contributed by atoms with Gasteiger partial charge in [-0.3, -0.25) is 9.89 Å². The fraction of sp³-hybridized carbons (Fsp3) is 0.938. The number of aliphatic imine (C=N–C) groups is 1. The minimum Gasteiger partial charge on any atom is -0.356 e. The largest absolute Gasteiger partial charge is 0.356 e. The standard InChI is InChI=1S/C16H35N5/c1-14(2)8-6-7-9-18-16(17-3)19-12-15-13-20(4)10-11-21(15)5/h14-15H,6-13H2,1-5H3,(H2,17,18,19). The van der Waals surface area contributed by atoms with Crippen LogP contribution in [0.2, 0.25) is 0 Å². The van der Waals surface area contributed by atoms with Crippen LogP contribution in [0.4, 0.5) is 0 Å². The maximum Gasteiger partial charge on any atom is 0.191 e. The molecule has 0 spiro atoms. The first-order chi connectivity index (χ1) is 10.0. The molecule has 5 nitrogen and oxygen atoms in total. The van der Waals surface area contributed by atoms with Crippen molar-refractivity contribution in [3.8, 4) is 0 Å². The highest BCUT2D eigenvalue weighted by Crippen LogP contribution is 2.05. The lowest BCUT2D eigenvalue weighted by Gasteiger charge is -2.37. The normalized spacial score (nSPS) is 21.8. The van der Waals surface area contributed by atoms with Crippen molar-refractivity contribution in [2.45, 2.75) is 39.2 Å². The van der Waals surface area contributed by atoms with Gasteiger partial charge in [-0.2, -0.15) is 0 Å². The van der Waals surface area contributed by atoms with Crippen LogP contribution in [-0.2, 0) is 0 Å². The molecule has 124 valence electrons. The molecule has 2 N–H and O–H groups in total. The van der Waals surface area contributed by atoms with Gasteiger partial charge in [-0.25, -0.2) is 0 Å². The van der Waals surface area contributed by atoms with E-state index in [0.717, 1.165) is 44.6 Å². The van der Waals surface area contributed by atoms with Crippen LogP contribution in [0.5, 0.6) is 0 Å². The Labute approximate surface area is 131 Å². The average molecular weight is 297 g/mol. The van der Waals surface area contributed by atoms with Crippen LogP contribution >= 0.6 is 0 Å². The van der Waals surface area contributed by atoms with Crippen molar-refractivity contribution in [2.75, 3.05) is 53.9 Å². The SMILES string of the molecule is CN=C(NCCCCC(C)C)NCC1CN(C)CCN1C. The molecule has 21 heavy (non-hydrogen) atoms. The molecule has 1 saturated heterocycles. The van der Waals surface area contributed by atoms with E-state index in [2.05, 4.69) is 53.4 Å². The first-order valence-electron chi connectivity index (χ1n) is 8.36. The van der Waals surface area contributed by atoms with E-state index in [1.807, 2.05) is 7.05 Å². The number of nitrogens with zero attached hydrogens (tertiary/aromatic N) is 3. The topological polar surface area (TPSA) is 42.9 Å². The van der Waals surface area contributed by atoms with E-state index in [0.29, 0.717) is 6.04 Å². The molecule has 1 aliphatic heterocycles. The fourth-order valence-electron chi connectivity index (χ4n) is 2.64. The number of guanidine groups is 1. The van der Waals surface area contributed by atoms with Crippen LogP contribution in [0.1, 0.15) is 33.1 Å². The molecule has 0 aromatic rings. The number of likely N-dealkylation sites (N-methyl/N-ethyl adjacent to an activating group) is 2. The van der Waals surface area contributed by atoms with Crippen LogP contribution in [0.3, 0.4) is 0 Å². The monoisotopic (exact) mass is 297 g/mol. The Kier molecular flexibility index (Phi) is 8.69. The minimum atomic E-state index is 0.559. The van der Waals surface area contributed by atoms with Gasteiger partial charge < -0.3 is 15.5 Å². The molecule has 1 rings (SSSR count). The minimum absolute atomic E-state index is 0.559. The highest BCUT2D eigenvalue weighted by atomic mass is 15.3. The maximum atomic E-state index is 4.31. The Morgan fingerprint density at radius 2 is 1.95 bits per heavy atom. The van der Waals surface area contributed by atoms with E-state index < -0.39 is 0 Å². The number of unbranched alkanes of at least 4 members (excludes halogenated alkanes) is 1. The molecule has 0 aromatic carbocycles. The summed E-state index contributed by atoms with van der Waals surface area (Å²) in [6.45, 7) is 9.95. The van der Waals surface area contributed by atoms with Crippen LogP contribution in [0.15, 0.2) is 4.99 Å². The summed E-state index contributed by atoms with van der Waals surface area (Å²) in [5, 5.41) is 6.88. The van der Waals surface area contributed by atoms with Gasteiger partial charge in [0.15, 0.2) is 5.96 Å². The van der Waals surface area contributed by atoms with Crippen molar-refractivity contribution in [1.29, 1.82) is 0 Å². The summed E-state index contributed by atoms with van der Waals surface area (Å²) in [7, 11) is 6.25. The first-order valence-corrected chi connectivity index (χ1v) is 8.36. The maximum absolute atomic E-state index is 4.31. The van der Waals surface area contributed by atoms with Crippen molar-refractivity contribution in [3.05, 3.63) is 0 Å². The Bertz CT molecular complexity index is 303. The number of rotatable bonds is 7. The molecule has 1 unspecified atom stereocenters. The molecular formula is C16H35N5. The van der Waals surface area contributed by atoms with Crippen LogP contribution < -0.4 is 10.6 Å². The van der Waals surface area contributed by atoms with Gasteiger partial charge in [-0.15, -0.1) is 0 Å². The van der Waals surface area contributed by atoms with Gasteiger partial charge in [0.1, 0.15) is 0 Å². The third kappa shape index (κ3) is 7.67. The van der Waals surface area contributed by atoms with E-state index in [1.54, 1.807) is 0 Å². The third-order valence-corrected chi connectivity index (χ3v) is 4.21. The number of nitrogens with one attached hydrogen (secondary N) is 2. The molecular weight excluding hydrogens is 262 g/mol. The van der Waals surface area contributed by atoms with E-state index in [-0.39, 0.29) is 0 Å². The summed E-state index contributed by atoms with van der Waals surface area (Å²) in [5.74, 6) is 1.74. The lowest BCUT2D eigenvalue weighted by molar-refractivity contribution is 0.116. The van der Waals surface area contributed by atoms with Crippen LogP contribution in [0, 0.1) is 5.92 Å². The van der Waals surface area contributed by atoms with Crippen molar-refractivity contribution in [2.24, 2.45) is 10.9 Å². The fourth-order valence-corrected chi connectivity index (χ4v) is 2.64. The lowest BCUT2D eigenvalue weighted by Crippen LogP contribution is -2.55. The molecule has 1 fully saturated rings. The van der Waals surface area contributed by atoms with Crippen molar-refractivity contribution in [1.82, 2.24) is 20.4 Å². The quantitative estimate of drug-likeness (QED) is 0.421. The van der Waals surface area contributed by atoms with Gasteiger partial charge in [0.25, 0.3) is 0 Å². The Morgan fingerprint density at radius 1 is 1.19 bits per heavy atom. The van der Waals surface area contributed by atoms with Crippen molar-refractivity contribution in [3.63, 3.8) is 0 Å². The second kappa shape index (κ2) is 10.0. The molecule has 1 atom stereocenters. The number of piperazine rings is 1. The second-order valence-electron chi connectivity index (χ2n) is 6.67. The highest BCUT2D eigenvalue weighted by Gasteiger charge is 2.21. The van der Waals surface area contributed by atoms with Gasteiger partial charge in [-0.1, -0.05) is 26.7 Å². The van der Waals surface area contributed by atoms with Crippen molar-refractivity contribution >= 4 is 5.96 Å². The van der Waals surface area contributed by atoms with E-state index in [4.69, 9.17) is 0 Å². The van der Waals surface area contributed by atoms with Gasteiger partial charge in [0.05, 0.1) is 0 Å². The molecule has 0 saturated carbocycles. The zero-order valence-electron chi connectivity index (χ0n) is 14.7. The molecule has 0 bridgehead atoms. The predicted octanol–water partition coefficient (Wildman–Crippen LogP) is 1.22. The molecule has 1 heterocycles. The summed E-state index contributed by atoms with van der Waals surface area (Å²) >= 11 is 0. The number of hydrogen-bond acceptors (Lipinski definition) is 3. The molecule has 1 aliphatic rings. The lowest BCUT2D eigenvalue weighted by atomic mass is 10.1. The first kappa shape index (κ1) is 18.2. The summed E-state index contributed by atoms with van der Waals surface area (Å²) in [5.41, 5.74) is 0. The summed E-state index contributed by atoms with van der Waals surface area (Å²) < 4.78 is 0. The number of hydrogen-bond donors (Lipinski definition) is 2. The molecule has 0 radical (unpaired) electrons. The van der Waals surface area contributed by atoms with Crippen LogP contribution in [0.25, 0.3) is 0 Å². The highest BCUT2D eigenvalue weighted by molar-refractivity contribution is 5.79. The van der Waals surface area contributed by atoms with Gasteiger partial charge >= 0.3 is 0 Å². The smallest absolute Gasteiger partial charge is 0.191 e. The third-order valence-electron chi connectivity index (χ3n) is 4.21. The summed E-state index contributed by atoms with van der Waals surface area (Å²) in [4.78, 5) is 9.14. The van der Waals surface area contributed by atoms with Gasteiger partial charge in [0, 0.05) is 45.8 Å². The molecule has 0 aromatic heterocycles. The van der Waals surface area contributed by atoms with E-state index in [9.17, 15) is 0 Å². The summed E-state index contributed by atoms with van der Waals surface area (Å²) in [6, 6.07) is 0.559. The Balaban J connectivity index is 2.18. The molecule has 0 amide bonds. The van der Waals surface area contributed by atoms with E-state index in [1.165, 1.54) is 19.3 Å². The Hall–Kier alpha value is -0.810. The Morgan fingerprint density at radius 3 is 2.62 bits per heavy atom. The second-order valence-corrected chi connectivity index (χ2v) is 6.67. The van der Waals surface area contributed by atoms with E-state index >= 15 is 0 Å². The zero-order valence-corrected chi connectivity index (χ0v) is 14.7. The average Bonchev–Trinajstić information content (AvgIpc) is 2.45. The predicted molar refractivity (Wildman–Crippen MR) is 92.0 cm³/mol. The van der Waals surface area contributed by atoms with Crippen molar-refractivity contribution < 1.29 is 0 Å². The van der Waals surface area contributed by atoms with Gasteiger partial charge in [-0.05, 0) is 26.4 Å². The zero-order chi connectivity index (χ0) is 15.7. The van der Waals surface area contributed by atoms with Crippen LogP contribution in [-0.4, -0.2) is 75.7 Å². The summed E-state index contributed by atoms with van der Waals surface area (Å²) in [6.07, 6.45) is 3.82. The molecule has 0 aliphatic carbocycles. The van der Waals surface area contributed by atoms with Gasteiger partial charge in [0.2, 0.25) is 0 Å².